The molecule has 0 aliphatic heterocycles. The van der Waals surface area contributed by atoms with Crippen LogP contribution >= 0.6 is 21.6 Å². The Bertz CT molecular complexity index is 268. The van der Waals surface area contributed by atoms with Crippen LogP contribution in [0, 0.1) is 5.92 Å². The maximum atomic E-state index is 8.84. The minimum Gasteiger partial charge on any atom is -0.396 e. The normalized spacial score (nSPS) is 25.9. The van der Waals surface area contributed by atoms with Gasteiger partial charge in [0.05, 0.1) is 0 Å². The Kier molecular flexibility index (Phi) is 3.14. The van der Waals surface area contributed by atoms with Gasteiger partial charge in [0.2, 0.25) is 0 Å². The van der Waals surface area contributed by atoms with Gasteiger partial charge in [0, 0.05) is 18.1 Å². The van der Waals surface area contributed by atoms with E-state index in [9.17, 15) is 0 Å². The predicted octanol–water partition coefficient (Wildman–Crippen LogP) is 2.20. The topological polar surface area (TPSA) is 33.1 Å². The van der Waals surface area contributed by atoms with Gasteiger partial charge in [0.1, 0.15) is 5.03 Å². The number of aliphatic hydroxyl groups is 1. The molecule has 1 heterocycles. The molecule has 0 aromatic carbocycles. The van der Waals surface area contributed by atoms with E-state index in [1.165, 1.54) is 0 Å². The first-order valence-corrected chi connectivity index (χ1v) is 6.46. The zero-order chi connectivity index (χ0) is 9.10. The van der Waals surface area contributed by atoms with Crippen LogP contribution in [0.15, 0.2) is 29.4 Å². The standard InChI is InChI=1S/C9H11NOS2/c11-6-7-5-8(7)12-13-9-3-1-2-4-10-9/h1-4,7-8,11H,5-6H2. The maximum Gasteiger partial charge on any atom is 0.106 e. The Morgan fingerprint density at radius 3 is 3.08 bits per heavy atom. The highest BCUT2D eigenvalue weighted by Gasteiger charge is 2.37. The highest BCUT2D eigenvalue weighted by molar-refractivity contribution is 8.77. The highest BCUT2D eigenvalue weighted by Crippen LogP contribution is 2.48. The van der Waals surface area contributed by atoms with Crippen LogP contribution in [0.2, 0.25) is 0 Å². The molecule has 0 amide bonds. The lowest BCUT2D eigenvalue weighted by Crippen LogP contribution is -1.87. The maximum absolute atomic E-state index is 8.84. The van der Waals surface area contributed by atoms with Gasteiger partial charge in [-0.05, 0) is 35.3 Å². The van der Waals surface area contributed by atoms with Gasteiger partial charge in [0.15, 0.2) is 0 Å². The summed E-state index contributed by atoms with van der Waals surface area (Å²) in [4.78, 5) is 4.21. The largest absolute Gasteiger partial charge is 0.396 e. The van der Waals surface area contributed by atoms with Gasteiger partial charge in [-0.3, -0.25) is 0 Å². The summed E-state index contributed by atoms with van der Waals surface area (Å²) in [7, 11) is 3.53. The first-order chi connectivity index (χ1) is 6.40. The van der Waals surface area contributed by atoms with Crippen molar-refractivity contribution in [3.63, 3.8) is 0 Å². The summed E-state index contributed by atoms with van der Waals surface area (Å²) < 4.78 is 0. The van der Waals surface area contributed by atoms with Crippen LogP contribution in [-0.4, -0.2) is 21.9 Å². The SMILES string of the molecule is OCC1CC1SSc1ccccn1. The average molecular weight is 213 g/mol. The minimum atomic E-state index is 0.334. The zero-order valence-corrected chi connectivity index (χ0v) is 8.72. The summed E-state index contributed by atoms with van der Waals surface area (Å²) >= 11 is 0. The Hall–Kier alpha value is -0.190. The van der Waals surface area contributed by atoms with Crippen LogP contribution in [0.4, 0.5) is 0 Å². The monoisotopic (exact) mass is 213 g/mol. The molecule has 4 heteroatoms. The van der Waals surface area contributed by atoms with Crippen molar-refractivity contribution in [3.05, 3.63) is 24.4 Å². The molecule has 0 spiro atoms. The number of aliphatic hydroxyl groups excluding tert-OH is 1. The molecule has 13 heavy (non-hydrogen) atoms. The van der Waals surface area contributed by atoms with Gasteiger partial charge >= 0.3 is 0 Å². The summed E-state index contributed by atoms with van der Waals surface area (Å²) in [6, 6.07) is 5.92. The predicted molar refractivity (Wildman–Crippen MR) is 56.7 cm³/mol. The minimum absolute atomic E-state index is 0.334. The second-order valence-electron chi connectivity index (χ2n) is 3.06. The van der Waals surface area contributed by atoms with Gasteiger partial charge < -0.3 is 5.11 Å². The third-order valence-electron chi connectivity index (χ3n) is 1.99. The first kappa shape index (κ1) is 9.37. The second-order valence-corrected chi connectivity index (χ2v) is 5.52. The molecule has 1 aromatic rings. The Morgan fingerprint density at radius 2 is 2.46 bits per heavy atom. The van der Waals surface area contributed by atoms with Crippen molar-refractivity contribution in [1.29, 1.82) is 0 Å². The molecule has 1 fully saturated rings. The smallest absolute Gasteiger partial charge is 0.106 e. The Morgan fingerprint density at radius 1 is 1.54 bits per heavy atom. The van der Waals surface area contributed by atoms with Crippen LogP contribution in [0.1, 0.15) is 6.42 Å². The lowest BCUT2D eigenvalue weighted by Gasteiger charge is -1.97. The molecule has 1 saturated carbocycles. The fourth-order valence-corrected chi connectivity index (χ4v) is 3.74. The summed E-state index contributed by atoms with van der Waals surface area (Å²) in [5.74, 6) is 0.529. The molecular formula is C9H11NOS2. The van der Waals surface area contributed by atoms with Crippen LogP contribution < -0.4 is 0 Å². The molecule has 1 N–H and O–H groups in total. The van der Waals surface area contributed by atoms with E-state index in [-0.39, 0.29) is 0 Å². The number of rotatable bonds is 4. The van der Waals surface area contributed by atoms with E-state index >= 15 is 0 Å². The molecule has 2 rings (SSSR count). The summed E-state index contributed by atoms with van der Waals surface area (Å²) in [5.41, 5.74) is 0. The van der Waals surface area contributed by atoms with E-state index in [1.54, 1.807) is 17.0 Å². The van der Waals surface area contributed by atoms with E-state index in [0.717, 1.165) is 11.4 Å². The van der Waals surface area contributed by atoms with E-state index in [1.807, 2.05) is 29.0 Å². The van der Waals surface area contributed by atoms with Crippen LogP contribution in [0.5, 0.6) is 0 Å². The second kappa shape index (κ2) is 4.35. The number of hydrogen-bond acceptors (Lipinski definition) is 4. The van der Waals surface area contributed by atoms with E-state index < -0.39 is 0 Å². The van der Waals surface area contributed by atoms with Gasteiger partial charge in [-0.1, -0.05) is 16.9 Å². The van der Waals surface area contributed by atoms with Crippen LogP contribution in [0.3, 0.4) is 0 Å². The van der Waals surface area contributed by atoms with Crippen molar-refractivity contribution < 1.29 is 5.11 Å². The lowest BCUT2D eigenvalue weighted by molar-refractivity contribution is 0.277. The molecular weight excluding hydrogens is 202 g/mol. The molecule has 2 atom stereocenters. The van der Waals surface area contributed by atoms with Crippen molar-refractivity contribution in [1.82, 2.24) is 4.98 Å². The van der Waals surface area contributed by atoms with E-state index in [0.29, 0.717) is 17.8 Å². The van der Waals surface area contributed by atoms with Crippen molar-refractivity contribution in [3.8, 4) is 0 Å². The van der Waals surface area contributed by atoms with Gasteiger partial charge in [-0.2, -0.15) is 0 Å². The molecule has 0 radical (unpaired) electrons. The molecule has 70 valence electrons. The summed E-state index contributed by atoms with van der Waals surface area (Å²) in [6.07, 6.45) is 2.96. The fraction of sp³-hybridized carbons (Fsp3) is 0.444. The third kappa shape index (κ3) is 2.62. The first-order valence-electron chi connectivity index (χ1n) is 4.25. The quantitative estimate of drug-likeness (QED) is 0.777. The fourth-order valence-electron chi connectivity index (χ4n) is 1.04. The van der Waals surface area contributed by atoms with Crippen LogP contribution in [-0.2, 0) is 0 Å². The molecule has 0 bridgehead atoms. The Labute approximate surface area is 85.5 Å². The zero-order valence-electron chi connectivity index (χ0n) is 7.09. The van der Waals surface area contributed by atoms with Gasteiger partial charge in [-0.25, -0.2) is 4.98 Å². The molecule has 1 aliphatic carbocycles. The van der Waals surface area contributed by atoms with Gasteiger partial charge in [0.25, 0.3) is 0 Å². The summed E-state index contributed by atoms with van der Waals surface area (Å²) in [5, 5.41) is 10.5. The molecule has 1 aromatic heterocycles. The highest BCUT2D eigenvalue weighted by atomic mass is 33.1. The number of aromatic nitrogens is 1. The van der Waals surface area contributed by atoms with Crippen molar-refractivity contribution in [2.45, 2.75) is 16.7 Å². The molecule has 2 unspecified atom stereocenters. The molecule has 0 saturated heterocycles. The van der Waals surface area contributed by atoms with Crippen molar-refractivity contribution in [2.24, 2.45) is 5.92 Å². The third-order valence-corrected chi connectivity index (χ3v) is 4.86. The summed E-state index contributed by atoms with van der Waals surface area (Å²) in [6.45, 7) is 0.334. The number of hydrogen-bond donors (Lipinski definition) is 1. The van der Waals surface area contributed by atoms with Gasteiger partial charge in [-0.15, -0.1) is 0 Å². The number of nitrogens with zero attached hydrogens (tertiary/aromatic N) is 1. The lowest BCUT2D eigenvalue weighted by atomic mass is 10.5. The van der Waals surface area contributed by atoms with E-state index in [4.69, 9.17) is 5.11 Å². The number of pyridine rings is 1. The van der Waals surface area contributed by atoms with Crippen molar-refractivity contribution >= 4 is 21.6 Å². The van der Waals surface area contributed by atoms with Crippen LogP contribution in [0.25, 0.3) is 0 Å². The van der Waals surface area contributed by atoms with Crippen molar-refractivity contribution in [2.75, 3.05) is 6.61 Å². The van der Waals surface area contributed by atoms with E-state index in [2.05, 4.69) is 4.98 Å². The average Bonchev–Trinajstić information content (AvgIpc) is 2.95. The molecule has 1 aliphatic rings. The Balaban J connectivity index is 1.75. The molecule has 2 nitrogen and oxygen atoms in total.